The molecule has 2 rings (SSSR count). The Bertz CT molecular complexity index is 682. The lowest BCUT2D eigenvalue weighted by Crippen LogP contribution is -2.05. The summed E-state index contributed by atoms with van der Waals surface area (Å²) in [7, 11) is -1.45. The first-order chi connectivity index (χ1) is 11.0. The molecule has 0 radical (unpaired) electrons. The van der Waals surface area contributed by atoms with E-state index in [1.165, 1.54) is 35.7 Å². The number of carbonyl (C=O) groups excluding carboxylic acids is 1. The van der Waals surface area contributed by atoms with Crippen LogP contribution in [-0.2, 0) is 15.6 Å². The second kappa shape index (κ2) is 8.29. The highest BCUT2D eigenvalue weighted by Gasteiger charge is 2.02. The highest BCUT2D eigenvalue weighted by Crippen LogP contribution is 2.06. The third-order valence-corrected chi connectivity index (χ3v) is 3.91. The highest BCUT2D eigenvalue weighted by atomic mass is 32.2. The molecule has 0 saturated heterocycles. The van der Waals surface area contributed by atoms with Crippen LogP contribution < -0.4 is 0 Å². The normalized spacial score (nSPS) is 12.8. The Morgan fingerprint density at radius 2 is 1.35 bits per heavy atom. The van der Waals surface area contributed by atoms with Gasteiger partial charge in [-0.15, -0.1) is 0 Å². The molecule has 0 aliphatic carbocycles. The molecule has 0 aliphatic rings. The molecule has 118 valence electrons. The monoisotopic (exact) mass is 332 g/mol. The summed E-state index contributed by atoms with van der Waals surface area (Å²) in [4.78, 5) is 11.7. The number of halogens is 2. The Hall–Kier alpha value is -2.40. The molecule has 0 aromatic heterocycles. The number of ketones is 1. The van der Waals surface area contributed by atoms with Crippen molar-refractivity contribution >= 4 is 28.7 Å². The van der Waals surface area contributed by atoms with Crippen molar-refractivity contribution in [3.63, 3.8) is 0 Å². The van der Waals surface area contributed by atoms with E-state index in [-0.39, 0.29) is 23.2 Å². The van der Waals surface area contributed by atoms with Crippen LogP contribution in [0.2, 0.25) is 0 Å². The summed E-state index contributed by atoms with van der Waals surface area (Å²) in [5, 5.41) is 1.40. The van der Waals surface area contributed by atoms with Gasteiger partial charge in [-0.2, -0.15) is 0 Å². The molecule has 0 saturated carbocycles. The first kappa shape index (κ1) is 17.0. The number of benzene rings is 2. The second-order valence-electron chi connectivity index (χ2n) is 4.73. The van der Waals surface area contributed by atoms with Gasteiger partial charge in [0.05, 0.1) is 16.6 Å². The smallest absolute Gasteiger partial charge is 0.168 e. The molecule has 0 bridgehead atoms. The van der Waals surface area contributed by atoms with Crippen LogP contribution in [0.4, 0.5) is 8.78 Å². The van der Waals surface area contributed by atoms with Crippen LogP contribution >= 0.6 is 0 Å². The molecule has 0 fully saturated rings. The maximum atomic E-state index is 12.7. The summed E-state index contributed by atoms with van der Waals surface area (Å²) in [5.41, 5.74) is 1.39. The fourth-order valence-corrected chi connectivity index (χ4v) is 2.51. The van der Waals surface area contributed by atoms with Crippen molar-refractivity contribution in [3.05, 3.63) is 82.8 Å². The van der Waals surface area contributed by atoms with Gasteiger partial charge in [-0.1, -0.05) is 30.3 Å². The van der Waals surface area contributed by atoms with Gasteiger partial charge >= 0.3 is 0 Å². The molecule has 0 amide bonds. The zero-order valence-corrected chi connectivity index (χ0v) is 12.9. The van der Waals surface area contributed by atoms with E-state index in [9.17, 15) is 17.8 Å². The molecular formula is C18H14F2O2S. The molecule has 5 heteroatoms. The summed E-state index contributed by atoms with van der Waals surface area (Å²) in [6.45, 7) is 0. The molecular weight excluding hydrogens is 318 g/mol. The van der Waals surface area contributed by atoms with Crippen molar-refractivity contribution in [2.24, 2.45) is 0 Å². The van der Waals surface area contributed by atoms with E-state index in [1.807, 2.05) is 0 Å². The number of allylic oxidation sites excluding steroid dienone is 1. The quantitative estimate of drug-likeness (QED) is 0.750. The minimum absolute atomic E-state index is 0.143. The average molecular weight is 332 g/mol. The first-order valence-electron chi connectivity index (χ1n) is 6.80. The Morgan fingerprint density at radius 3 is 1.87 bits per heavy atom. The van der Waals surface area contributed by atoms with Gasteiger partial charge in [-0.3, -0.25) is 9.00 Å². The summed E-state index contributed by atoms with van der Waals surface area (Å²) in [5.74, 6) is -1.13. The molecule has 0 heterocycles. The van der Waals surface area contributed by atoms with E-state index < -0.39 is 10.8 Å². The fourth-order valence-electron chi connectivity index (χ4n) is 1.73. The van der Waals surface area contributed by atoms with Gasteiger partial charge < -0.3 is 0 Å². The Balaban J connectivity index is 1.88. The number of rotatable bonds is 6. The van der Waals surface area contributed by atoms with Crippen LogP contribution in [0.1, 0.15) is 11.1 Å². The lowest BCUT2D eigenvalue weighted by atomic mass is 10.2. The van der Waals surface area contributed by atoms with Gasteiger partial charge in [-0.25, -0.2) is 8.78 Å². The van der Waals surface area contributed by atoms with Gasteiger partial charge in [0.15, 0.2) is 5.78 Å². The van der Waals surface area contributed by atoms with Crippen molar-refractivity contribution < 1.29 is 17.8 Å². The van der Waals surface area contributed by atoms with E-state index in [4.69, 9.17) is 0 Å². The zero-order chi connectivity index (χ0) is 16.7. The van der Waals surface area contributed by atoms with Crippen LogP contribution in [0.15, 0.2) is 60.0 Å². The molecule has 1 atom stereocenters. The fraction of sp³-hybridized carbons (Fsp3) is 0.0556. The van der Waals surface area contributed by atoms with Crippen LogP contribution in [0.5, 0.6) is 0 Å². The van der Waals surface area contributed by atoms with Crippen LogP contribution in [0, 0.1) is 11.6 Å². The maximum Gasteiger partial charge on any atom is 0.168 e. The Labute approximate surface area is 135 Å². The largest absolute Gasteiger partial charge is 0.294 e. The van der Waals surface area contributed by atoms with E-state index >= 15 is 0 Å². The highest BCUT2D eigenvalue weighted by molar-refractivity contribution is 7.88. The van der Waals surface area contributed by atoms with Gasteiger partial charge in [0, 0.05) is 5.41 Å². The predicted octanol–water partition coefficient (Wildman–Crippen LogP) is 3.97. The van der Waals surface area contributed by atoms with Gasteiger partial charge in [0.2, 0.25) is 0 Å². The van der Waals surface area contributed by atoms with Crippen LogP contribution in [-0.4, -0.2) is 15.7 Å². The molecule has 0 spiro atoms. The molecule has 0 N–H and O–H groups in total. The Kier molecular flexibility index (Phi) is 6.11. The van der Waals surface area contributed by atoms with Crippen molar-refractivity contribution in [2.45, 2.75) is 0 Å². The average Bonchev–Trinajstić information content (AvgIpc) is 2.54. The summed E-state index contributed by atoms with van der Waals surface area (Å²) in [6, 6.07) is 11.4. The lowest BCUT2D eigenvalue weighted by Gasteiger charge is -1.95. The Morgan fingerprint density at radius 1 is 0.870 bits per heavy atom. The second-order valence-corrected chi connectivity index (χ2v) is 6.05. The van der Waals surface area contributed by atoms with Crippen LogP contribution in [0.25, 0.3) is 12.2 Å². The summed E-state index contributed by atoms with van der Waals surface area (Å²) >= 11 is 0. The first-order valence-corrected chi connectivity index (χ1v) is 8.18. The summed E-state index contributed by atoms with van der Waals surface area (Å²) < 4.78 is 37.3. The number of carbonyl (C=O) groups is 1. The van der Waals surface area contributed by atoms with Crippen LogP contribution in [0.3, 0.4) is 0 Å². The standard InChI is InChI=1S/C18H14F2O2S/c19-16-6-1-14(2-7-16)5-10-18(21)13-23(22)12-11-15-3-8-17(20)9-4-15/h1-12H,13H2/b10-5-,12-11?. The molecule has 23 heavy (non-hydrogen) atoms. The van der Waals surface area contributed by atoms with E-state index in [0.29, 0.717) is 11.1 Å². The van der Waals surface area contributed by atoms with Gasteiger partial charge in [-0.05, 0) is 47.5 Å². The van der Waals surface area contributed by atoms with Crippen molar-refractivity contribution in [2.75, 3.05) is 5.75 Å². The lowest BCUT2D eigenvalue weighted by molar-refractivity contribution is -0.112. The molecule has 2 aromatic rings. The van der Waals surface area contributed by atoms with Gasteiger partial charge in [0.25, 0.3) is 0 Å². The topological polar surface area (TPSA) is 34.1 Å². The third-order valence-electron chi connectivity index (χ3n) is 2.90. The number of hydrogen-bond donors (Lipinski definition) is 0. The minimum atomic E-state index is -1.45. The van der Waals surface area contributed by atoms with E-state index in [2.05, 4.69) is 0 Å². The van der Waals surface area contributed by atoms with Crippen molar-refractivity contribution in [1.82, 2.24) is 0 Å². The molecule has 2 aromatic carbocycles. The third kappa shape index (κ3) is 6.08. The predicted molar refractivity (Wildman–Crippen MR) is 88.9 cm³/mol. The summed E-state index contributed by atoms with van der Waals surface area (Å²) in [6.07, 6.45) is 4.44. The zero-order valence-electron chi connectivity index (χ0n) is 12.1. The molecule has 2 nitrogen and oxygen atoms in total. The van der Waals surface area contributed by atoms with E-state index in [1.54, 1.807) is 36.4 Å². The van der Waals surface area contributed by atoms with E-state index in [0.717, 1.165) is 0 Å². The van der Waals surface area contributed by atoms with Crippen molar-refractivity contribution in [1.29, 1.82) is 0 Å². The van der Waals surface area contributed by atoms with Crippen molar-refractivity contribution in [3.8, 4) is 0 Å². The molecule has 0 aliphatic heterocycles. The van der Waals surface area contributed by atoms with Gasteiger partial charge in [0.1, 0.15) is 11.6 Å². The minimum Gasteiger partial charge on any atom is -0.294 e. The molecule has 1 unspecified atom stereocenters. The SMILES string of the molecule is O=C(/C=C\c1ccc(F)cc1)CS(=O)C=Cc1ccc(F)cc1. The maximum absolute atomic E-state index is 12.7. The number of hydrogen-bond acceptors (Lipinski definition) is 2.